The second kappa shape index (κ2) is 17.9. The number of nitrogens with zero attached hydrogens (tertiary/aromatic N) is 4. The van der Waals surface area contributed by atoms with Crippen molar-refractivity contribution < 1.29 is 0 Å². The number of rotatable bonds is 6. The van der Waals surface area contributed by atoms with E-state index in [0.29, 0.717) is 22.3 Å². The monoisotopic (exact) mass is 1080 g/mol. The Hall–Kier alpha value is -11.8. The highest BCUT2D eigenvalue weighted by Gasteiger charge is 2.46. The summed E-state index contributed by atoms with van der Waals surface area (Å²) >= 11 is 0. The standard InChI is InChI=1S/C80H40B2N4/c83-41-45-27-29-69-58(32-45)66-34-48(44-86)36-68-62-38-60(74-55(51-19-9-3-10-20-51)25-14-26-56(74)52-21-11-4-12-22-52)64-40-72-75-61(67-35-47(43-85)33-65-57-31-46(42-84)28-30-70(57)82(72)79(65)67)37-59(63-39-71(81(69)80(66)68)76(62)78(64)77(63)75)73-53(49-15-5-1-6-16-49)23-13-24-54(73)50-17-7-2-8-18-50/h1-40H. The molecule has 0 saturated carbocycles. The second-order valence-corrected chi connectivity index (χ2v) is 23.3. The van der Waals surface area contributed by atoms with Gasteiger partial charge in [0.05, 0.1) is 46.5 Å². The lowest BCUT2D eigenvalue weighted by Gasteiger charge is -2.33. The van der Waals surface area contributed by atoms with Crippen molar-refractivity contribution in [2.75, 3.05) is 0 Å². The number of benzene rings is 14. The van der Waals surface area contributed by atoms with Gasteiger partial charge in [0.15, 0.2) is 0 Å². The summed E-state index contributed by atoms with van der Waals surface area (Å²) in [4.78, 5) is 0. The van der Waals surface area contributed by atoms with Crippen molar-refractivity contribution in [1.29, 1.82) is 21.0 Å². The molecule has 0 fully saturated rings. The fraction of sp³-hybridized carbons (Fsp3) is 0. The molecule has 4 nitrogen and oxygen atoms in total. The molecule has 0 saturated heterocycles. The van der Waals surface area contributed by atoms with Gasteiger partial charge in [-0.1, -0.05) is 215 Å². The Morgan fingerprint density at radius 3 is 0.860 bits per heavy atom. The first kappa shape index (κ1) is 47.8. The maximum Gasteiger partial charge on any atom is 0.244 e. The normalized spacial score (nSPS) is 12.3. The molecule has 18 rings (SSSR count). The number of nitriles is 4. The molecular weight excluding hydrogens is 1040 g/mol. The average Bonchev–Trinajstić information content (AvgIpc) is 1.18. The van der Waals surface area contributed by atoms with E-state index < -0.39 is 0 Å². The first-order chi connectivity index (χ1) is 42.5. The number of fused-ring (bicyclic) bond motifs is 10. The van der Waals surface area contributed by atoms with Gasteiger partial charge in [-0.2, -0.15) is 21.0 Å². The molecular formula is C80H40B2N4. The lowest BCUT2D eigenvalue weighted by Crippen LogP contribution is -2.53. The molecule has 0 radical (unpaired) electrons. The molecule has 0 spiro atoms. The van der Waals surface area contributed by atoms with Crippen LogP contribution >= 0.6 is 0 Å². The van der Waals surface area contributed by atoms with Crippen LogP contribution in [-0.4, -0.2) is 13.4 Å². The van der Waals surface area contributed by atoms with Crippen LogP contribution in [0.5, 0.6) is 0 Å². The van der Waals surface area contributed by atoms with E-state index in [9.17, 15) is 21.0 Å². The molecule has 0 atom stereocenters. The van der Waals surface area contributed by atoms with E-state index in [1.165, 1.54) is 10.9 Å². The fourth-order valence-electron chi connectivity index (χ4n) is 15.8. The minimum atomic E-state index is -0.229. The van der Waals surface area contributed by atoms with Gasteiger partial charge in [-0.25, -0.2) is 0 Å². The van der Waals surface area contributed by atoms with Crippen molar-refractivity contribution in [2.45, 2.75) is 0 Å². The summed E-state index contributed by atoms with van der Waals surface area (Å²) < 4.78 is 0. The molecule has 0 N–H and O–H groups in total. The molecule has 0 bridgehead atoms. The van der Waals surface area contributed by atoms with Crippen LogP contribution in [-0.2, 0) is 0 Å². The van der Waals surface area contributed by atoms with E-state index in [1.807, 2.05) is 36.4 Å². The smallest absolute Gasteiger partial charge is 0.192 e. The number of hydrogen-bond acceptors (Lipinski definition) is 4. The first-order valence-corrected chi connectivity index (χ1v) is 29.1. The Morgan fingerprint density at radius 1 is 0.221 bits per heavy atom. The van der Waals surface area contributed by atoms with Crippen molar-refractivity contribution in [3.8, 4) is 136 Å². The third-order valence-electron chi connectivity index (χ3n) is 19.1. The maximum absolute atomic E-state index is 11.1. The van der Waals surface area contributed by atoms with Gasteiger partial charge in [-0.3, -0.25) is 0 Å². The zero-order valence-corrected chi connectivity index (χ0v) is 46.0. The zero-order valence-electron chi connectivity index (χ0n) is 46.0. The van der Waals surface area contributed by atoms with Gasteiger partial charge < -0.3 is 0 Å². The molecule has 86 heavy (non-hydrogen) atoms. The van der Waals surface area contributed by atoms with Crippen LogP contribution in [0.4, 0.5) is 0 Å². The molecule has 0 aliphatic carbocycles. The second-order valence-electron chi connectivity index (χ2n) is 23.3. The minimum Gasteiger partial charge on any atom is -0.192 e. The zero-order chi connectivity index (χ0) is 57.1. The summed E-state index contributed by atoms with van der Waals surface area (Å²) in [5, 5.41) is 49.9. The van der Waals surface area contributed by atoms with Crippen molar-refractivity contribution in [2.24, 2.45) is 0 Å². The first-order valence-electron chi connectivity index (χ1n) is 29.1. The van der Waals surface area contributed by atoms with Crippen molar-refractivity contribution in [3.05, 3.63) is 265 Å². The summed E-state index contributed by atoms with van der Waals surface area (Å²) in [6.07, 6.45) is 0. The molecule has 0 aromatic heterocycles. The minimum absolute atomic E-state index is 0.229. The van der Waals surface area contributed by atoms with Gasteiger partial charge in [0, 0.05) is 0 Å². The van der Waals surface area contributed by atoms with Gasteiger partial charge in [0.2, 0.25) is 13.4 Å². The number of hydrogen-bond donors (Lipinski definition) is 0. The van der Waals surface area contributed by atoms with E-state index in [1.54, 1.807) is 0 Å². The summed E-state index contributed by atoms with van der Waals surface area (Å²) in [6, 6.07) is 96.9. The van der Waals surface area contributed by atoms with Crippen LogP contribution in [0.3, 0.4) is 0 Å². The van der Waals surface area contributed by atoms with Gasteiger partial charge in [0.25, 0.3) is 0 Å². The van der Waals surface area contributed by atoms with Gasteiger partial charge >= 0.3 is 0 Å². The largest absolute Gasteiger partial charge is 0.244 e. The van der Waals surface area contributed by atoms with Crippen LogP contribution in [0.25, 0.3) is 144 Å². The van der Waals surface area contributed by atoms with Gasteiger partial charge in [-0.05, 0) is 204 Å². The van der Waals surface area contributed by atoms with Crippen molar-refractivity contribution in [1.82, 2.24) is 0 Å². The van der Waals surface area contributed by atoms with Crippen LogP contribution < -0.4 is 32.8 Å². The third kappa shape index (κ3) is 6.45. The molecule has 0 amide bonds. The highest BCUT2D eigenvalue weighted by atomic mass is 14.4. The molecule has 4 heterocycles. The molecule has 0 unspecified atom stereocenters. The Morgan fingerprint density at radius 2 is 0.535 bits per heavy atom. The molecule has 14 aromatic carbocycles. The highest BCUT2D eigenvalue weighted by molar-refractivity contribution is 7.03. The van der Waals surface area contributed by atoms with Gasteiger partial charge in [-0.15, -0.1) is 0 Å². The van der Waals surface area contributed by atoms with Crippen molar-refractivity contribution in [3.63, 3.8) is 0 Å². The average molecular weight is 1080 g/mol. The van der Waals surface area contributed by atoms with Gasteiger partial charge in [0.1, 0.15) is 0 Å². The highest BCUT2D eigenvalue weighted by Crippen LogP contribution is 2.55. The van der Waals surface area contributed by atoms with E-state index in [-0.39, 0.29) is 13.4 Å². The molecule has 14 aromatic rings. The van der Waals surface area contributed by atoms with Crippen LogP contribution in [0.1, 0.15) is 22.3 Å². The summed E-state index contributed by atoms with van der Waals surface area (Å²) in [5.74, 6) is 0. The molecule has 4 aliphatic rings. The SMILES string of the molecule is N#Cc1ccc2c(c1)-c1cc(C#N)cc3c1B2c1cc2c(-c4c(-c5ccccc5)cccc4-c4ccccc4)cc4c5c(cc6c(-c7c(-c8ccccc8)cccc7-c7ccccc7)cc-3c1c6c25)B1c2ccc(C#N)cc2-c2cc(C#N)cc-4c21. The van der Waals surface area contributed by atoms with E-state index >= 15 is 0 Å². The Balaban J connectivity index is 1.12. The fourth-order valence-corrected chi connectivity index (χ4v) is 15.8. The topological polar surface area (TPSA) is 95.2 Å². The lowest BCUT2D eigenvalue weighted by atomic mass is 9.34. The van der Waals surface area contributed by atoms with E-state index in [0.717, 1.165) is 165 Å². The quantitative estimate of drug-likeness (QED) is 0.122. The summed E-state index contributed by atoms with van der Waals surface area (Å²) in [6.45, 7) is -0.459. The van der Waals surface area contributed by atoms with Crippen LogP contribution in [0.2, 0.25) is 0 Å². The summed E-state index contributed by atoms with van der Waals surface area (Å²) in [5.41, 5.74) is 30.3. The molecule has 386 valence electrons. The molecule has 4 aliphatic heterocycles. The van der Waals surface area contributed by atoms with Crippen LogP contribution in [0.15, 0.2) is 243 Å². The van der Waals surface area contributed by atoms with Crippen LogP contribution in [0, 0.1) is 45.3 Å². The molecule has 6 heteroatoms. The summed E-state index contributed by atoms with van der Waals surface area (Å²) in [7, 11) is 0. The predicted octanol–water partition coefficient (Wildman–Crippen LogP) is 15.0. The Bertz CT molecular complexity index is 5110. The Kier molecular flexibility index (Phi) is 9.93. The lowest BCUT2D eigenvalue weighted by molar-refractivity contribution is 1.48. The Labute approximate surface area is 497 Å². The third-order valence-corrected chi connectivity index (χ3v) is 19.1. The van der Waals surface area contributed by atoms with Crippen molar-refractivity contribution >= 4 is 78.5 Å². The maximum atomic E-state index is 11.1. The van der Waals surface area contributed by atoms with E-state index in [2.05, 4.69) is 231 Å². The van der Waals surface area contributed by atoms with E-state index in [4.69, 9.17) is 0 Å². The predicted molar refractivity (Wildman–Crippen MR) is 353 cm³/mol.